The van der Waals surface area contributed by atoms with E-state index in [-0.39, 0.29) is 0 Å². The highest BCUT2D eigenvalue weighted by atomic mass is 35.5. The molecule has 0 aliphatic carbocycles. The van der Waals surface area contributed by atoms with E-state index in [2.05, 4.69) is 9.72 Å². The molecule has 0 atom stereocenters. The number of hydrogen-bond donors (Lipinski definition) is 0. The Balaban J connectivity index is 1.94. The largest absolute Gasteiger partial charge is 0.454 e. The summed E-state index contributed by atoms with van der Waals surface area (Å²) in [6, 6.07) is 5.85. The maximum absolute atomic E-state index is 10.2. The highest BCUT2D eigenvalue weighted by molar-refractivity contribution is 8.76. The lowest BCUT2D eigenvalue weighted by Gasteiger charge is -2.01. The van der Waals surface area contributed by atoms with Crippen molar-refractivity contribution in [2.45, 2.75) is 17.9 Å². The van der Waals surface area contributed by atoms with Crippen LogP contribution in [0.3, 0.4) is 0 Å². The molecule has 1 heterocycles. The lowest BCUT2D eigenvalue weighted by Crippen LogP contribution is -1.96. The van der Waals surface area contributed by atoms with Gasteiger partial charge in [0.15, 0.2) is 0 Å². The third-order valence-electron chi connectivity index (χ3n) is 1.62. The van der Waals surface area contributed by atoms with Gasteiger partial charge in [-0.15, -0.1) is 0 Å². The maximum Gasteiger partial charge on any atom is 0.403 e. The Labute approximate surface area is 108 Å². The van der Waals surface area contributed by atoms with Gasteiger partial charge in [-0.1, -0.05) is 16.9 Å². The Morgan fingerprint density at radius 2 is 2.31 bits per heavy atom. The second-order valence-electron chi connectivity index (χ2n) is 2.87. The predicted octanol–water partition coefficient (Wildman–Crippen LogP) is 3.98. The van der Waals surface area contributed by atoms with Crippen LogP contribution in [0.4, 0.5) is 4.79 Å². The Morgan fingerprint density at radius 1 is 1.44 bits per heavy atom. The predicted molar refractivity (Wildman–Crippen MR) is 69.0 cm³/mol. The van der Waals surface area contributed by atoms with Gasteiger partial charge in [-0.2, -0.15) is 0 Å². The molecule has 0 aliphatic rings. The summed E-state index contributed by atoms with van der Waals surface area (Å²) in [5.74, 6) is 1.00. The topological polar surface area (TPSA) is 39.2 Å². The summed E-state index contributed by atoms with van der Waals surface area (Å²) >= 11 is 5.02. The number of halogens is 1. The Kier molecular flexibility index (Phi) is 7.46. The molecule has 1 aromatic heterocycles. The van der Waals surface area contributed by atoms with Gasteiger partial charge in [-0.05, 0) is 35.8 Å². The lowest BCUT2D eigenvalue weighted by molar-refractivity contribution is 0.172. The summed E-state index contributed by atoms with van der Waals surface area (Å²) in [7, 11) is 3.40. The number of aromatic nitrogens is 1. The molecule has 0 N–H and O–H groups in total. The molecule has 0 bridgehead atoms. The summed E-state index contributed by atoms with van der Waals surface area (Å²) in [6.45, 7) is 0.400. The van der Waals surface area contributed by atoms with Crippen molar-refractivity contribution in [3.63, 3.8) is 0 Å². The molecule has 0 amide bonds. The number of rotatable bonds is 7. The Hall–Kier alpha value is -0.390. The normalized spacial score (nSPS) is 10.1. The third-order valence-corrected chi connectivity index (χ3v) is 4.08. The number of nitrogens with zero attached hydrogens (tertiary/aromatic N) is 1. The molecule has 16 heavy (non-hydrogen) atoms. The fourth-order valence-corrected chi connectivity index (χ4v) is 3.02. The minimum absolute atomic E-state index is 0.400. The summed E-state index contributed by atoms with van der Waals surface area (Å²) in [6.07, 6.45) is 3.62. The van der Waals surface area contributed by atoms with Crippen molar-refractivity contribution >= 4 is 38.6 Å². The van der Waals surface area contributed by atoms with Crippen LogP contribution >= 0.6 is 33.2 Å². The highest BCUT2D eigenvalue weighted by Crippen LogP contribution is 2.29. The molecule has 88 valence electrons. The number of carbonyl (C=O) groups is 1. The molecule has 3 nitrogen and oxygen atoms in total. The number of hydrogen-bond acceptors (Lipinski definition) is 5. The van der Waals surface area contributed by atoms with E-state index in [1.807, 2.05) is 18.2 Å². The van der Waals surface area contributed by atoms with Crippen LogP contribution in [-0.2, 0) is 4.74 Å². The van der Waals surface area contributed by atoms with E-state index in [0.717, 1.165) is 23.6 Å². The molecule has 0 unspecified atom stereocenters. The molecule has 0 saturated carbocycles. The van der Waals surface area contributed by atoms with Crippen LogP contribution in [0, 0.1) is 0 Å². The summed E-state index contributed by atoms with van der Waals surface area (Å²) < 4.78 is 4.60. The van der Waals surface area contributed by atoms with Gasteiger partial charge >= 0.3 is 5.43 Å². The first-order chi connectivity index (χ1) is 7.79. The van der Waals surface area contributed by atoms with Gasteiger partial charge < -0.3 is 4.74 Å². The summed E-state index contributed by atoms with van der Waals surface area (Å²) in [4.78, 5) is 14.4. The first-order valence-corrected chi connectivity index (χ1v) is 7.51. The van der Waals surface area contributed by atoms with Gasteiger partial charge in [0.25, 0.3) is 0 Å². The summed E-state index contributed by atoms with van der Waals surface area (Å²) in [5, 5.41) is 1.01. The van der Waals surface area contributed by atoms with E-state index in [4.69, 9.17) is 11.6 Å². The van der Waals surface area contributed by atoms with Crippen molar-refractivity contribution in [2.75, 3.05) is 12.4 Å². The van der Waals surface area contributed by atoms with Crippen LogP contribution in [0.1, 0.15) is 12.8 Å². The maximum atomic E-state index is 10.2. The van der Waals surface area contributed by atoms with Crippen LogP contribution < -0.4 is 0 Å². The first-order valence-electron chi connectivity index (χ1n) is 4.82. The van der Waals surface area contributed by atoms with Crippen molar-refractivity contribution < 1.29 is 9.53 Å². The SMILES string of the molecule is O=C(Cl)OCCCCSSc1ccccn1. The Bertz CT molecular complexity index is 311. The van der Waals surface area contributed by atoms with Crippen molar-refractivity contribution in [3.05, 3.63) is 24.4 Å². The van der Waals surface area contributed by atoms with Crippen LogP contribution in [0.25, 0.3) is 0 Å². The van der Waals surface area contributed by atoms with Gasteiger partial charge in [0, 0.05) is 23.6 Å². The zero-order valence-corrected chi connectivity index (χ0v) is 11.0. The number of ether oxygens (including phenoxy) is 1. The van der Waals surface area contributed by atoms with E-state index >= 15 is 0 Å². The van der Waals surface area contributed by atoms with Crippen LogP contribution in [-0.4, -0.2) is 22.8 Å². The minimum Gasteiger partial charge on any atom is -0.454 e. The van der Waals surface area contributed by atoms with Gasteiger partial charge in [0.2, 0.25) is 0 Å². The van der Waals surface area contributed by atoms with Crippen LogP contribution in [0.15, 0.2) is 29.4 Å². The molecule has 0 aliphatic heterocycles. The minimum atomic E-state index is -0.726. The fraction of sp³-hybridized carbons (Fsp3) is 0.400. The van der Waals surface area contributed by atoms with E-state index in [9.17, 15) is 4.79 Å². The molecule has 1 rings (SSSR count). The van der Waals surface area contributed by atoms with E-state index in [1.54, 1.807) is 27.8 Å². The molecule has 0 radical (unpaired) electrons. The molecule has 0 spiro atoms. The Morgan fingerprint density at radius 3 is 3.00 bits per heavy atom. The lowest BCUT2D eigenvalue weighted by atomic mass is 10.4. The van der Waals surface area contributed by atoms with Gasteiger partial charge in [0.1, 0.15) is 5.03 Å². The van der Waals surface area contributed by atoms with E-state index in [1.165, 1.54) is 0 Å². The molecular weight excluding hydrogens is 266 g/mol. The quantitative estimate of drug-likeness (QED) is 0.428. The van der Waals surface area contributed by atoms with E-state index in [0.29, 0.717) is 6.61 Å². The zero-order chi connectivity index (χ0) is 11.6. The molecule has 0 fully saturated rings. The van der Waals surface area contributed by atoms with Gasteiger partial charge in [-0.3, -0.25) is 0 Å². The van der Waals surface area contributed by atoms with E-state index < -0.39 is 5.43 Å². The second kappa shape index (κ2) is 8.73. The molecule has 0 aromatic carbocycles. The van der Waals surface area contributed by atoms with Crippen LogP contribution in [0.2, 0.25) is 0 Å². The molecule has 6 heteroatoms. The second-order valence-corrected chi connectivity index (χ2v) is 5.61. The highest BCUT2D eigenvalue weighted by Gasteiger charge is 1.97. The molecular formula is C10H12ClNO2S2. The average Bonchev–Trinajstić information content (AvgIpc) is 2.29. The third kappa shape index (κ3) is 6.98. The monoisotopic (exact) mass is 277 g/mol. The molecule has 1 aromatic rings. The van der Waals surface area contributed by atoms with Crippen molar-refractivity contribution in [1.29, 1.82) is 0 Å². The van der Waals surface area contributed by atoms with Gasteiger partial charge in [0.05, 0.1) is 6.61 Å². The average molecular weight is 278 g/mol. The first kappa shape index (κ1) is 13.7. The summed E-state index contributed by atoms with van der Waals surface area (Å²) in [5.41, 5.74) is -0.726. The molecule has 0 saturated heterocycles. The smallest absolute Gasteiger partial charge is 0.403 e. The fourth-order valence-electron chi connectivity index (χ4n) is 0.914. The number of pyridine rings is 1. The van der Waals surface area contributed by atoms with Crippen LogP contribution in [0.5, 0.6) is 0 Å². The number of unbranched alkanes of at least 4 members (excludes halogenated alkanes) is 1. The van der Waals surface area contributed by atoms with Crippen molar-refractivity contribution in [2.24, 2.45) is 0 Å². The van der Waals surface area contributed by atoms with Crippen molar-refractivity contribution in [1.82, 2.24) is 4.98 Å². The standard InChI is InChI=1S/C10H12ClNO2S2/c11-10(13)14-7-3-4-8-15-16-9-5-1-2-6-12-9/h1-2,5-6H,3-4,7-8H2. The zero-order valence-electron chi connectivity index (χ0n) is 8.60. The van der Waals surface area contributed by atoms with Gasteiger partial charge in [-0.25, -0.2) is 9.78 Å². The van der Waals surface area contributed by atoms with Crippen molar-refractivity contribution in [3.8, 4) is 0 Å². The number of carbonyl (C=O) groups excluding carboxylic acids is 1.